The number of para-hydroxylation sites is 2. The summed E-state index contributed by atoms with van der Waals surface area (Å²) in [5.74, 6) is 2.19. The Balaban J connectivity index is 1.84. The fraction of sp³-hybridized carbons (Fsp3) is 0.120. The van der Waals surface area contributed by atoms with E-state index in [1.807, 2.05) is 85.8 Å². The number of ether oxygens (including phenoxy) is 2. The van der Waals surface area contributed by atoms with E-state index in [9.17, 15) is 4.79 Å². The maximum atomic E-state index is 12.4. The lowest BCUT2D eigenvalue weighted by Crippen LogP contribution is -2.19. The molecular formula is C25H22N2O3. The van der Waals surface area contributed by atoms with E-state index in [-0.39, 0.29) is 5.56 Å². The smallest absolute Gasteiger partial charge is 0.267 e. The predicted octanol–water partition coefficient (Wildman–Crippen LogP) is 5.31. The first-order valence-corrected chi connectivity index (χ1v) is 9.79. The van der Waals surface area contributed by atoms with Gasteiger partial charge < -0.3 is 9.47 Å². The summed E-state index contributed by atoms with van der Waals surface area (Å²) in [5, 5.41) is 4.57. The topological polar surface area (TPSA) is 53.4 Å². The third kappa shape index (κ3) is 4.10. The van der Waals surface area contributed by atoms with Crippen molar-refractivity contribution in [3.63, 3.8) is 0 Å². The number of benzene rings is 3. The van der Waals surface area contributed by atoms with Crippen molar-refractivity contribution in [3.8, 4) is 39.6 Å². The van der Waals surface area contributed by atoms with Crippen molar-refractivity contribution in [2.24, 2.45) is 7.05 Å². The zero-order chi connectivity index (χ0) is 20.9. The SMILES string of the molecule is CCOc1ccc(-c2cc(=O)n(C)nc2-c2ccccc2Oc2ccccc2)cc1. The van der Waals surface area contributed by atoms with Gasteiger partial charge >= 0.3 is 0 Å². The highest BCUT2D eigenvalue weighted by Crippen LogP contribution is 2.37. The van der Waals surface area contributed by atoms with Crippen LogP contribution in [0.3, 0.4) is 0 Å². The predicted molar refractivity (Wildman–Crippen MR) is 118 cm³/mol. The summed E-state index contributed by atoms with van der Waals surface area (Å²) in [7, 11) is 1.65. The molecule has 0 fully saturated rings. The summed E-state index contributed by atoms with van der Waals surface area (Å²) in [4.78, 5) is 12.4. The second-order valence-electron chi connectivity index (χ2n) is 6.74. The monoisotopic (exact) mass is 398 g/mol. The van der Waals surface area contributed by atoms with Crippen LogP contribution in [0.1, 0.15) is 6.92 Å². The molecule has 4 aromatic rings. The molecule has 0 bridgehead atoms. The number of hydrogen-bond donors (Lipinski definition) is 0. The highest BCUT2D eigenvalue weighted by atomic mass is 16.5. The number of aryl methyl sites for hydroxylation is 1. The average Bonchev–Trinajstić information content (AvgIpc) is 2.77. The van der Waals surface area contributed by atoms with Gasteiger partial charge in [0.05, 0.1) is 6.61 Å². The molecule has 0 radical (unpaired) electrons. The molecule has 0 aliphatic rings. The van der Waals surface area contributed by atoms with Gasteiger partial charge in [-0.3, -0.25) is 4.79 Å². The molecule has 30 heavy (non-hydrogen) atoms. The van der Waals surface area contributed by atoms with Crippen molar-refractivity contribution < 1.29 is 9.47 Å². The summed E-state index contributed by atoms with van der Waals surface area (Å²) in [5.41, 5.74) is 2.93. The first-order chi connectivity index (χ1) is 14.7. The van der Waals surface area contributed by atoms with E-state index in [2.05, 4.69) is 5.10 Å². The molecule has 5 heteroatoms. The summed E-state index contributed by atoms with van der Waals surface area (Å²) in [6.45, 7) is 2.54. The standard InChI is InChI=1S/C25H22N2O3/c1-3-29-19-15-13-18(14-16-19)22-17-24(28)27(2)26-25(22)21-11-7-8-12-23(21)30-20-9-5-4-6-10-20/h4-17H,3H2,1-2H3. The molecule has 0 saturated heterocycles. The van der Waals surface area contributed by atoms with Gasteiger partial charge in [0.25, 0.3) is 5.56 Å². The van der Waals surface area contributed by atoms with Crippen LogP contribution < -0.4 is 15.0 Å². The minimum atomic E-state index is -0.177. The van der Waals surface area contributed by atoms with E-state index in [0.29, 0.717) is 18.1 Å². The molecule has 0 aliphatic heterocycles. The van der Waals surface area contributed by atoms with Gasteiger partial charge in [0, 0.05) is 24.2 Å². The summed E-state index contributed by atoms with van der Waals surface area (Å²) in [6.07, 6.45) is 0. The van der Waals surface area contributed by atoms with Crippen LogP contribution in [0.5, 0.6) is 17.2 Å². The quantitative estimate of drug-likeness (QED) is 0.442. The molecule has 1 heterocycles. The lowest BCUT2D eigenvalue weighted by molar-refractivity contribution is 0.340. The summed E-state index contributed by atoms with van der Waals surface area (Å²) >= 11 is 0. The van der Waals surface area contributed by atoms with Gasteiger partial charge in [-0.1, -0.05) is 42.5 Å². The normalized spacial score (nSPS) is 10.6. The molecule has 0 aliphatic carbocycles. The van der Waals surface area contributed by atoms with Crippen LogP contribution in [-0.2, 0) is 7.05 Å². The first-order valence-electron chi connectivity index (χ1n) is 9.79. The lowest BCUT2D eigenvalue weighted by Gasteiger charge is -2.15. The van der Waals surface area contributed by atoms with Crippen LogP contribution in [0.15, 0.2) is 89.7 Å². The molecule has 0 spiro atoms. The van der Waals surface area contributed by atoms with Crippen LogP contribution in [0.4, 0.5) is 0 Å². The Labute approximate surface area is 175 Å². The Morgan fingerprint density at radius 2 is 1.53 bits per heavy atom. The van der Waals surface area contributed by atoms with Crippen molar-refractivity contribution in [1.82, 2.24) is 9.78 Å². The van der Waals surface area contributed by atoms with Gasteiger partial charge in [0.2, 0.25) is 0 Å². The minimum Gasteiger partial charge on any atom is -0.494 e. The number of rotatable bonds is 6. The maximum Gasteiger partial charge on any atom is 0.267 e. The fourth-order valence-electron chi connectivity index (χ4n) is 3.22. The number of aromatic nitrogens is 2. The van der Waals surface area contributed by atoms with Gasteiger partial charge in [0.15, 0.2) is 0 Å². The lowest BCUT2D eigenvalue weighted by atomic mass is 9.99. The van der Waals surface area contributed by atoms with Crippen LogP contribution >= 0.6 is 0 Å². The van der Waals surface area contributed by atoms with Crippen LogP contribution in [0, 0.1) is 0 Å². The van der Waals surface area contributed by atoms with Crippen LogP contribution in [-0.4, -0.2) is 16.4 Å². The van der Waals surface area contributed by atoms with E-state index in [0.717, 1.165) is 28.2 Å². The molecule has 4 rings (SSSR count). The largest absolute Gasteiger partial charge is 0.494 e. The molecule has 0 unspecified atom stereocenters. The minimum absolute atomic E-state index is 0.177. The highest BCUT2D eigenvalue weighted by molar-refractivity contribution is 5.83. The third-order valence-electron chi connectivity index (χ3n) is 4.68. The van der Waals surface area contributed by atoms with E-state index in [1.54, 1.807) is 13.1 Å². The van der Waals surface area contributed by atoms with Gasteiger partial charge in [-0.2, -0.15) is 5.10 Å². The fourth-order valence-corrected chi connectivity index (χ4v) is 3.22. The van der Waals surface area contributed by atoms with Crippen LogP contribution in [0.25, 0.3) is 22.4 Å². The Hall–Kier alpha value is -3.86. The Morgan fingerprint density at radius 1 is 0.833 bits per heavy atom. The first kappa shape index (κ1) is 19.5. The summed E-state index contributed by atoms with van der Waals surface area (Å²) < 4.78 is 13.0. The summed E-state index contributed by atoms with van der Waals surface area (Å²) in [6, 6.07) is 26.6. The van der Waals surface area contributed by atoms with Crippen molar-refractivity contribution in [3.05, 3.63) is 95.3 Å². The molecule has 5 nitrogen and oxygen atoms in total. The molecule has 0 N–H and O–H groups in total. The second-order valence-corrected chi connectivity index (χ2v) is 6.74. The van der Waals surface area contributed by atoms with Gasteiger partial charge in [-0.25, -0.2) is 4.68 Å². The Kier molecular flexibility index (Phi) is 5.61. The maximum absolute atomic E-state index is 12.4. The van der Waals surface area contributed by atoms with Gasteiger partial charge in [-0.05, 0) is 48.9 Å². The molecule has 1 aromatic heterocycles. The molecule has 0 saturated carbocycles. The Morgan fingerprint density at radius 3 is 2.27 bits per heavy atom. The average molecular weight is 398 g/mol. The third-order valence-corrected chi connectivity index (χ3v) is 4.68. The van der Waals surface area contributed by atoms with Crippen molar-refractivity contribution in [2.75, 3.05) is 6.61 Å². The molecule has 150 valence electrons. The van der Waals surface area contributed by atoms with E-state index in [1.165, 1.54) is 4.68 Å². The van der Waals surface area contributed by atoms with Gasteiger partial charge in [0.1, 0.15) is 22.9 Å². The zero-order valence-electron chi connectivity index (χ0n) is 16.9. The van der Waals surface area contributed by atoms with Gasteiger partial charge in [-0.15, -0.1) is 0 Å². The van der Waals surface area contributed by atoms with Crippen molar-refractivity contribution in [1.29, 1.82) is 0 Å². The molecule has 0 atom stereocenters. The zero-order valence-corrected chi connectivity index (χ0v) is 16.9. The number of nitrogens with zero attached hydrogens (tertiary/aromatic N) is 2. The molecular weight excluding hydrogens is 376 g/mol. The highest BCUT2D eigenvalue weighted by Gasteiger charge is 2.16. The molecule has 3 aromatic carbocycles. The second kappa shape index (κ2) is 8.66. The van der Waals surface area contributed by atoms with E-state index >= 15 is 0 Å². The van der Waals surface area contributed by atoms with Crippen LogP contribution in [0.2, 0.25) is 0 Å². The number of hydrogen-bond acceptors (Lipinski definition) is 4. The van der Waals surface area contributed by atoms with Crippen molar-refractivity contribution in [2.45, 2.75) is 6.92 Å². The molecule has 0 amide bonds. The Bertz CT molecular complexity index is 1200. The van der Waals surface area contributed by atoms with E-state index < -0.39 is 0 Å². The van der Waals surface area contributed by atoms with E-state index in [4.69, 9.17) is 9.47 Å². The van der Waals surface area contributed by atoms with Crippen molar-refractivity contribution >= 4 is 0 Å².